The van der Waals surface area contributed by atoms with Gasteiger partial charge in [-0.05, 0) is 56.6 Å². The van der Waals surface area contributed by atoms with Crippen LogP contribution in [0.15, 0.2) is 23.1 Å². The first-order chi connectivity index (χ1) is 9.03. The van der Waals surface area contributed by atoms with Crippen molar-refractivity contribution in [1.82, 2.24) is 10.0 Å². The molecule has 0 radical (unpaired) electrons. The van der Waals surface area contributed by atoms with Crippen LogP contribution in [0.2, 0.25) is 0 Å². The third-order valence-electron chi connectivity index (χ3n) is 3.29. The summed E-state index contributed by atoms with van der Waals surface area (Å²) in [6.45, 7) is 3.40. The Bertz CT molecular complexity index is 599. The number of rotatable bonds is 3. The van der Waals surface area contributed by atoms with Crippen molar-refractivity contribution in [3.05, 3.63) is 29.3 Å². The SMILES string of the molecule is Cc1cc(S(=O)(=O)NC2CCNCC2)ccc1C#N. The maximum absolute atomic E-state index is 12.2. The molecule has 0 aliphatic carbocycles. The average molecular weight is 279 g/mol. The number of aryl methyl sites for hydroxylation is 1. The van der Waals surface area contributed by atoms with Crippen LogP contribution >= 0.6 is 0 Å². The molecule has 0 amide bonds. The Hall–Kier alpha value is -1.42. The number of nitrogens with zero attached hydrogens (tertiary/aromatic N) is 1. The molecule has 0 saturated carbocycles. The molecule has 1 aromatic rings. The Morgan fingerprint density at radius 1 is 1.37 bits per heavy atom. The van der Waals surface area contributed by atoms with Crippen LogP contribution in [0.1, 0.15) is 24.0 Å². The topological polar surface area (TPSA) is 82.0 Å². The molecule has 0 atom stereocenters. The van der Waals surface area contributed by atoms with Crippen molar-refractivity contribution in [3.63, 3.8) is 0 Å². The molecule has 1 aliphatic heterocycles. The summed E-state index contributed by atoms with van der Waals surface area (Å²) in [7, 11) is -3.49. The van der Waals surface area contributed by atoms with Crippen molar-refractivity contribution in [2.45, 2.75) is 30.7 Å². The summed E-state index contributed by atoms with van der Waals surface area (Å²) in [4.78, 5) is 0.225. The Balaban J connectivity index is 2.19. The Morgan fingerprint density at radius 3 is 2.63 bits per heavy atom. The van der Waals surface area contributed by atoms with Crippen molar-refractivity contribution in [1.29, 1.82) is 5.26 Å². The molecule has 1 aliphatic rings. The van der Waals surface area contributed by atoms with Crippen molar-refractivity contribution >= 4 is 10.0 Å². The smallest absolute Gasteiger partial charge is 0.240 e. The molecule has 1 saturated heterocycles. The van der Waals surface area contributed by atoms with Crippen molar-refractivity contribution < 1.29 is 8.42 Å². The van der Waals surface area contributed by atoms with Crippen molar-refractivity contribution in [2.24, 2.45) is 0 Å². The Morgan fingerprint density at radius 2 is 2.05 bits per heavy atom. The molecule has 0 aromatic heterocycles. The molecular formula is C13H17N3O2S. The fraction of sp³-hybridized carbons (Fsp3) is 0.462. The molecule has 6 heteroatoms. The number of benzene rings is 1. The number of nitrogens with one attached hydrogen (secondary N) is 2. The fourth-order valence-corrected chi connectivity index (χ4v) is 3.55. The van der Waals surface area contributed by atoms with Crippen LogP contribution in [0.3, 0.4) is 0 Å². The second kappa shape index (κ2) is 5.70. The van der Waals surface area contributed by atoms with Gasteiger partial charge in [-0.15, -0.1) is 0 Å². The van der Waals surface area contributed by atoms with Gasteiger partial charge in [0.1, 0.15) is 0 Å². The van der Waals surface area contributed by atoms with Crippen LogP contribution in [0.25, 0.3) is 0 Å². The number of sulfonamides is 1. The van der Waals surface area contributed by atoms with E-state index in [9.17, 15) is 8.42 Å². The minimum atomic E-state index is -3.49. The molecule has 1 fully saturated rings. The summed E-state index contributed by atoms with van der Waals surface area (Å²) in [5.74, 6) is 0. The van der Waals surface area contributed by atoms with Gasteiger partial charge in [0.15, 0.2) is 0 Å². The lowest BCUT2D eigenvalue weighted by Gasteiger charge is -2.23. The molecule has 0 spiro atoms. The molecule has 102 valence electrons. The largest absolute Gasteiger partial charge is 0.317 e. The highest BCUT2D eigenvalue weighted by molar-refractivity contribution is 7.89. The monoisotopic (exact) mass is 279 g/mol. The van der Waals surface area contributed by atoms with Crippen LogP contribution in [0.5, 0.6) is 0 Å². The van der Waals surface area contributed by atoms with Crippen molar-refractivity contribution in [2.75, 3.05) is 13.1 Å². The van der Waals surface area contributed by atoms with Gasteiger partial charge < -0.3 is 5.32 Å². The average Bonchev–Trinajstić information content (AvgIpc) is 2.39. The van der Waals surface area contributed by atoms with Gasteiger partial charge in [-0.25, -0.2) is 13.1 Å². The Kier molecular flexibility index (Phi) is 4.20. The predicted molar refractivity (Wildman–Crippen MR) is 72.1 cm³/mol. The van der Waals surface area contributed by atoms with Crippen molar-refractivity contribution in [3.8, 4) is 6.07 Å². The first-order valence-corrected chi connectivity index (χ1v) is 7.75. The van der Waals surface area contributed by atoms with Gasteiger partial charge in [-0.1, -0.05) is 0 Å². The molecule has 5 nitrogen and oxygen atoms in total. The molecule has 0 bridgehead atoms. The number of nitriles is 1. The Labute approximate surface area is 113 Å². The quantitative estimate of drug-likeness (QED) is 0.861. The zero-order valence-corrected chi connectivity index (χ0v) is 11.6. The van der Waals surface area contributed by atoms with Gasteiger partial charge in [0.2, 0.25) is 10.0 Å². The van der Waals surface area contributed by atoms with Gasteiger partial charge in [-0.2, -0.15) is 5.26 Å². The van der Waals surface area contributed by atoms with E-state index in [4.69, 9.17) is 5.26 Å². The van der Waals surface area contributed by atoms with Crippen LogP contribution in [-0.2, 0) is 10.0 Å². The minimum Gasteiger partial charge on any atom is -0.317 e. The first-order valence-electron chi connectivity index (χ1n) is 6.27. The van der Waals surface area contributed by atoms with E-state index in [1.807, 2.05) is 6.07 Å². The van der Waals surface area contributed by atoms with E-state index in [0.717, 1.165) is 25.9 Å². The molecule has 0 unspecified atom stereocenters. The summed E-state index contributed by atoms with van der Waals surface area (Å²) in [6, 6.07) is 6.59. The summed E-state index contributed by atoms with van der Waals surface area (Å²) in [5, 5.41) is 12.0. The van der Waals surface area contributed by atoms with E-state index in [1.54, 1.807) is 19.1 Å². The second-order valence-electron chi connectivity index (χ2n) is 4.73. The summed E-state index contributed by atoms with van der Waals surface area (Å²) in [5.41, 5.74) is 1.18. The third-order valence-corrected chi connectivity index (χ3v) is 4.81. The van der Waals surface area contributed by atoms with Gasteiger partial charge in [0.05, 0.1) is 16.5 Å². The maximum atomic E-state index is 12.2. The highest BCUT2D eigenvalue weighted by Crippen LogP contribution is 2.16. The van der Waals surface area contributed by atoms with E-state index in [0.29, 0.717) is 11.1 Å². The third kappa shape index (κ3) is 3.32. The molecule has 2 N–H and O–H groups in total. The number of piperidine rings is 1. The fourth-order valence-electron chi connectivity index (χ4n) is 2.16. The predicted octanol–water partition coefficient (Wildman–Crippen LogP) is 0.897. The summed E-state index contributed by atoms with van der Waals surface area (Å²) < 4.78 is 27.2. The number of hydrogen-bond donors (Lipinski definition) is 2. The molecule has 19 heavy (non-hydrogen) atoms. The molecule has 2 rings (SSSR count). The van der Waals surface area contributed by atoms with E-state index < -0.39 is 10.0 Å². The summed E-state index contributed by atoms with van der Waals surface area (Å²) >= 11 is 0. The molecular weight excluding hydrogens is 262 g/mol. The van der Waals surface area contributed by atoms with Gasteiger partial charge in [0.25, 0.3) is 0 Å². The lowest BCUT2D eigenvalue weighted by Crippen LogP contribution is -2.42. The van der Waals surface area contributed by atoms with E-state index in [2.05, 4.69) is 10.0 Å². The van der Waals surface area contributed by atoms with Crippen LogP contribution in [0, 0.1) is 18.3 Å². The van der Waals surface area contributed by atoms with Gasteiger partial charge in [-0.3, -0.25) is 0 Å². The van der Waals surface area contributed by atoms with Crippen LogP contribution in [-0.4, -0.2) is 27.5 Å². The highest BCUT2D eigenvalue weighted by Gasteiger charge is 2.21. The van der Waals surface area contributed by atoms with E-state index >= 15 is 0 Å². The van der Waals surface area contributed by atoms with Crippen LogP contribution in [0.4, 0.5) is 0 Å². The standard InChI is InChI=1S/C13H17N3O2S/c1-10-8-13(3-2-11(10)9-14)19(17,18)16-12-4-6-15-7-5-12/h2-3,8,12,15-16H,4-7H2,1H3. The second-order valence-corrected chi connectivity index (χ2v) is 6.45. The zero-order chi connectivity index (χ0) is 13.9. The molecule has 1 heterocycles. The van der Waals surface area contributed by atoms with E-state index in [1.165, 1.54) is 6.07 Å². The molecule has 1 aromatic carbocycles. The normalized spacial score (nSPS) is 17.1. The zero-order valence-electron chi connectivity index (χ0n) is 10.8. The summed E-state index contributed by atoms with van der Waals surface area (Å²) in [6.07, 6.45) is 1.60. The van der Waals surface area contributed by atoms with Crippen LogP contribution < -0.4 is 10.0 Å². The van der Waals surface area contributed by atoms with Gasteiger partial charge >= 0.3 is 0 Å². The first kappa shape index (κ1) is 14.0. The maximum Gasteiger partial charge on any atom is 0.240 e. The van der Waals surface area contributed by atoms with E-state index in [-0.39, 0.29) is 10.9 Å². The lowest BCUT2D eigenvalue weighted by atomic mass is 10.1. The van der Waals surface area contributed by atoms with Gasteiger partial charge in [0, 0.05) is 6.04 Å². The lowest BCUT2D eigenvalue weighted by molar-refractivity contribution is 0.427. The number of hydrogen-bond acceptors (Lipinski definition) is 4. The highest BCUT2D eigenvalue weighted by atomic mass is 32.2. The minimum absolute atomic E-state index is 0.0119.